The molecule has 1 heterocycles. The molecule has 0 aromatic rings. The van der Waals surface area contributed by atoms with Crippen LogP contribution in [0.2, 0.25) is 0 Å². The van der Waals surface area contributed by atoms with Crippen LogP contribution in [0.3, 0.4) is 0 Å². The Bertz CT molecular complexity index is 566. The largest absolute Gasteiger partial charge is 0.355 e. The summed E-state index contributed by atoms with van der Waals surface area (Å²) in [7, 11) is 0.0967. The Hall–Kier alpha value is -1.00. The molecule has 1 saturated heterocycles. The van der Waals surface area contributed by atoms with Gasteiger partial charge in [0, 0.05) is 50.8 Å². The van der Waals surface area contributed by atoms with E-state index in [9.17, 15) is 13.2 Å². The third-order valence-electron chi connectivity index (χ3n) is 3.48. The van der Waals surface area contributed by atoms with Gasteiger partial charge in [0.25, 0.3) is 0 Å². The molecule has 1 aliphatic rings. The number of rotatable bonds is 6. The molecule has 8 nitrogen and oxygen atoms in total. The third kappa shape index (κ3) is 8.28. The summed E-state index contributed by atoms with van der Waals surface area (Å²) in [5.41, 5.74) is -0.296. The summed E-state index contributed by atoms with van der Waals surface area (Å²) in [5.74, 6) is 2.09. The van der Waals surface area contributed by atoms with Crippen LogP contribution in [-0.4, -0.2) is 92.6 Å². The van der Waals surface area contributed by atoms with E-state index in [-0.39, 0.29) is 30.3 Å². The van der Waals surface area contributed by atoms with Crippen LogP contribution in [-0.2, 0) is 14.8 Å². The molecular weight excluding hydrogens is 362 g/mol. The van der Waals surface area contributed by atoms with E-state index in [1.54, 1.807) is 35.1 Å². The van der Waals surface area contributed by atoms with Crippen molar-refractivity contribution in [2.75, 3.05) is 57.5 Å². The summed E-state index contributed by atoms with van der Waals surface area (Å²) in [5, 5.41) is 5.90. The van der Waals surface area contributed by atoms with Crippen LogP contribution in [0.25, 0.3) is 0 Å². The Kier molecular flexibility index (Phi) is 8.49. The van der Waals surface area contributed by atoms with Crippen LogP contribution in [0.5, 0.6) is 0 Å². The topological polar surface area (TPSA) is 94.1 Å². The van der Waals surface area contributed by atoms with Crippen molar-refractivity contribution in [1.82, 2.24) is 19.8 Å². The predicted octanol–water partition coefficient (Wildman–Crippen LogP) is -0.213. The summed E-state index contributed by atoms with van der Waals surface area (Å²) < 4.78 is 26.2. The van der Waals surface area contributed by atoms with E-state index < -0.39 is 10.0 Å². The predicted molar refractivity (Wildman–Crippen MR) is 105 cm³/mol. The molecule has 0 spiro atoms. The Morgan fingerprint density at radius 3 is 2.40 bits per heavy atom. The summed E-state index contributed by atoms with van der Waals surface area (Å²) in [4.78, 5) is 17.8. The third-order valence-corrected chi connectivity index (χ3v) is 6.29. The maximum Gasteiger partial charge on any atom is 0.240 e. The van der Waals surface area contributed by atoms with Crippen molar-refractivity contribution >= 4 is 33.7 Å². The van der Waals surface area contributed by atoms with E-state index in [4.69, 9.17) is 0 Å². The summed E-state index contributed by atoms with van der Waals surface area (Å²) >= 11 is 1.78. The van der Waals surface area contributed by atoms with Gasteiger partial charge < -0.3 is 15.5 Å². The number of hydrogen-bond donors (Lipinski definition) is 2. The van der Waals surface area contributed by atoms with Crippen molar-refractivity contribution in [3.8, 4) is 0 Å². The van der Waals surface area contributed by atoms with Crippen molar-refractivity contribution in [3.05, 3.63) is 0 Å². The minimum atomic E-state index is -3.26. The minimum absolute atomic E-state index is 0.0126. The molecule has 1 rings (SSSR count). The molecule has 0 saturated carbocycles. The van der Waals surface area contributed by atoms with E-state index >= 15 is 0 Å². The van der Waals surface area contributed by atoms with Gasteiger partial charge in [-0.1, -0.05) is 0 Å². The number of nitrogens with one attached hydrogen (secondary N) is 2. The average Bonchev–Trinajstić information content (AvgIpc) is 2.50. The monoisotopic (exact) mass is 393 g/mol. The van der Waals surface area contributed by atoms with Crippen LogP contribution in [0.15, 0.2) is 4.99 Å². The maximum absolute atomic E-state index is 12.3. The van der Waals surface area contributed by atoms with Gasteiger partial charge in [-0.05, 0) is 20.8 Å². The second-order valence-corrected chi connectivity index (χ2v) is 10.3. The lowest BCUT2D eigenvalue weighted by atomic mass is 10.1. The fourth-order valence-electron chi connectivity index (χ4n) is 2.38. The molecule has 25 heavy (non-hydrogen) atoms. The zero-order valence-electron chi connectivity index (χ0n) is 15.8. The Morgan fingerprint density at radius 1 is 1.28 bits per heavy atom. The smallest absolute Gasteiger partial charge is 0.240 e. The number of carbonyl (C=O) groups is 1. The second kappa shape index (κ2) is 9.63. The standard InChI is InChI=1S/C15H31N5O3S2/c1-15(2,3)18-13(21)12-19(5)14(16-4)17-6-11-25(22,23)20-7-9-24-10-8-20/h6-12H2,1-5H3,(H,16,17)(H,18,21). The van der Waals surface area contributed by atoms with Gasteiger partial charge in [-0.3, -0.25) is 9.79 Å². The number of amides is 1. The van der Waals surface area contributed by atoms with Crippen LogP contribution >= 0.6 is 11.8 Å². The van der Waals surface area contributed by atoms with Crippen LogP contribution in [0.4, 0.5) is 0 Å². The zero-order chi connectivity index (χ0) is 19.1. The molecule has 0 atom stereocenters. The van der Waals surface area contributed by atoms with Gasteiger partial charge in [0.2, 0.25) is 15.9 Å². The minimum Gasteiger partial charge on any atom is -0.355 e. The van der Waals surface area contributed by atoms with Crippen LogP contribution in [0.1, 0.15) is 20.8 Å². The average molecular weight is 394 g/mol. The van der Waals surface area contributed by atoms with Crippen molar-refractivity contribution in [3.63, 3.8) is 0 Å². The first kappa shape index (κ1) is 22.0. The Balaban J connectivity index is 2.46. The van der Waals surface area contributed by atoms with Gasteiger partial charge in [0.15, 0.2) is 5.96 Å². The molecule has 0 aliphatic carbocycles. The number of carbonyl (C=O) groups excluding carboxylic acids is 1. The van der Waals surface area contributed by atoms with Gasteiger partial charge >= 0.3 is 0 Å². The lowest BCUT2D eigenvalue weighted by Crippen LogP contribution is -2.49. The molecule has 0 bridgehead atoms. The van der Waals surface area contributed by atoms with Crippen LogP contribution in [0, 0.1) is 0 Å². The van der Waals surface area contributed by atoms with Gasteiger partial charge in [0.05, 0.1) is 12.3 Å². The lowest BCUT2D eigenvalue weighted by Gasteiger charge is -2.27. The molecule has 1 amide bonds. The molecular formula is C15H31N5O3S2. The number of guanidine groups is 1. The van der Waals surface area contributed by atoms with Crippen LogP contribution < -0.4 is 10.6 Å². The fourth-order valence-corrected chi connectivity index (χ4v) is 4.87. The van der Waals surface area contributed by atoms with Gasteiger partial charge in [-0.25, -0.2) is 12.7 Å². The quantitative estimate of drug-likeness (QED) is 0.479. The first-order chi connectivity index (χ1) is 11.5. The zero-order valence-corrected chi connectivity index (χ0v) is 17.5. The van der Waals surface area contributed by atoms with Gasteiger partial charge in [0.1, 0.15) is 0 Å². The Morgan fingerprint density at radius 2 is 1.88 bits per heavy atom. The van der Waals surface area contributed by atoms with Crippen molar-refractivity contribution in [2.45, 2.75) is 26.3 Å². The van der Waals surface area contributed by atoms with E-state index in [2.05, 4.69) is 15.6 Å². The first-order valence-corrected chi connectivity index (χ1v) is 11.1. The van der Waals surface area contributed by atoms with Gasteiger partial charge in [-0.2, -0.15) is 11.8 Å². The molecule has 2 N–H and O–H groups in total. The van der Waals surface area contributed by atoms with Crippen molar-refractivity contribution in [1.29, 1.82) is 0 Å². The highest BCUT2D eigenvalue weighted by Gasteiger charge is 2.24. The van der Waals surface area contributed by atoms with E-state index in [1.165, 1.54) is 0 Å². The molecule has 10 heteroatoms. The van der Waals surface area contributed by atoms with E-state index in [1.807, 2.05) is 20.8 Å². The summed E-state index contributed by atoms with van der Waals surface area (Å²) in [6.07, 6.45) is 0. The fraction of sp³-hybridized carbons (Fsp3) is 0.867. The van der Waals surface area contributed by atoms with Gasteiger partial charge in [-0.15, -0.1) is 0 Å². The van der Waals surface area contributed by atoms with E-state index in [0.29, 0.717) is 19.0 Å². The number of hydrogen-bond acceptors (Lipinski definition) is 5. The second-order valence-electron chi connectivity index (χ2n) is 6.96. The number of sulfonamides is 1. The number of thioether (sulfide) groups is 1. The number of likely N-dealkylation sites (N-methyl/N-ethyl adjacent to an activating group) is 1. The van der Waals surface area contributed by atoms with Crippen molar-refractivity contribution in [2.24, 2.45) is 4.99 Å². The lowest BCUT2D eigenvalue weighted by molar-refractivity contribution is -0.122. The summed E-state index contributed by atoms with van der Waals surface area (Å²) in [6.45, 7) is 7.31. The summed E-state index contributed by atoms with van der Waals surface area (Å²) in [6, 6.07) is 0. The normalized spacial score (nSPS) is 17.2. The highest BCUT2D eigenvalue weighted by Crippen LogP contribution is 2.13. The SMILES string of the molecule is CN=C(NCCS(=O)(=O)N1CCSCC1)N(C)CC(=O)NC(C)(C)C. The number of aliphatic imine (C=N–C) groups is 1. The highest BCUT2D eigenvalue weighted by atomic mass is 32.2. The first-order valence-electron chi connectivity index (χ1n) is 8.33. The molecule has 1 aliphatic heterocycles. The molecule has 0 aromatic carbocycles. The molecule has 146 valence electrons. The molecule has 0 radical (unpaired) electrons. The van der Waals surface area contributed by atoms with Crippen molar-refractivity contribution < 1.29 is 13.2 Å². The maximum atomic E-state index is 12.3. The molecule has 0 aromatic heterocycles. The number of nitrogens with zero attached hydrogens (tertiary/aromatic N) is 3. The van der Waals surface area contributed by atoms with E-state index in [0.717, 1.165) is 11.5 Å². The molecule has 0 unspecified atom stereocenters. The Labute approximate surface area is 155 Å². The molecule has 1 fully saturated rings. The highest BCUT2D eigenvalue weighted by molar-refractivity contribution is 7.99.